The van der Waals surface area contributed by atoms with Crippen LogP contribution in [-0.4, -0.2) is 19.3 Å². The van der Waals surface area contributed by atoms with E-state index in [1.807, 2.05) is 36.4 Å². The van der Waals surface area contributed by atoms with Gasteiger partial charge in [-0.3, -0.25) is 4.57 Å². The first-order valence-electron chi connectivity index (χ1n) is 8.50. The first kappa shape index (κ1) is 20.2. The summed E-state index contributed by atoms with van der Waals surface area (Å²) in [7, 11) is -3.61. The summed E-state index contributed by atoms with van der Waals surface area (Å²) in [5.74, 6) is -0.952. The highest BCUT2D eigenvalue weighted by atomic mass is 31.2. The maximum atomic E-state index is 13.2. The third-order valence-corrected chi connectivity index (χ3v) is 5.81. The summed E-state index contributed by atoms with van der Waals surface area (Å²) in [6, 6.07) is 18.3. The maximum Gasteiger partial charge on any atom is 0.408 e. The molecule has 0 aliphatic heterocycles. The highest BCUT2D eigenvalue weighted by molar-refractivity contribution is 7.54. The molecule has 2 aromatic rings. The Morgan fingerprint density at radius 3 is 2.04 bits per heavy atom. The lowest BCUT2D eigenvalue weighted by Crippen LogP contribution is -2.30. The Kier molecular flexibility index (Phi) is 7.85. The average molecular weight is 377 g/mol. The van der Waals surface area contributed by atoms with Gasteiger partial charge in [-0.05, 0) is 25.0 Å². The van der Waals surface area contributed by atoms with Gasteiger partial charge in [0.05, 0.1) is 13.2 Å². The number of carbonyl (C=O) groups is 1. The van der Waals surface area contributed by atoms with Crippen LogP contribution < -0.4 is 5.32 Å². The van der Waals surface area contributed by atoms with E-state index in [9.17, 15) is 9.36 Å². The second-order valence-electron chi connectivity index (χ2n) is 5.39. The largest absolute Gasteiger partial charge is 0.445 e. The van der Waals surface area contributed by atoms with Crippen molar-refractivity contribution in [3.63, 3.8) is 0 Å². The molecular weight excluding hydrogens is 353 g/mol. The number of hydrogen-bond donors (Lipinski definition) is 1. The molecule has 1 N–H and O–H groups in total. The second kappa shape index (κ2) is 10.1. The molecule has 140 valence electrons. The summed E-state index contributed by atoms with van der Waals surface area (Å²) >= 11 is 0. The zero-order valence-corrected chi connectivity index (χ0v) is 15.9. The van der Waals surface area contributed by atoms with Crippen LogP contribution in [0.3, 0.4) is 0 Å². The lowest BCUT2D eigenvalue weighted by atomic mass is 10.2. The van der Waals surface area contributed by atoms with Gasteiger partial charge in [0.15, 0.2) is 5.78 Å². The van der Waals surface area contributed by atoms with Crippen LogP contribution in [0, 0.1) is 0 Å². The topological polar surface area (TPSA) is 73.9 Å². The molecule has 0 radical (unpaired) electrons. The number of amides is 1. The lowest BCUT2D eigenvalue weighted by Gasteiger charge is -2.27. The van der Waals surface area contributed by atoms with Gasteiger partial charge in [-0.1, -0.05) is 60.7 Å². The molecule has 0 aliphatic carbocycles. The van der Waals surface area contributed by atoms with Crippen LogP contribution in [0.25, 0.3) is 0 Å². The van der Waals surface area contributed by atoms with E-state index in [1.165, 1.54) is 0 Å². The molecule has 0 bridgehead atoms. The van der Waals surface area contributed by atoms with Crippen LogP contribution in [0.1, 0.15) is 30.8 Å². The Balaban J connectivity index is 2.15. The monoisotopic (exact) mass is 377 g/mol. The van der Waals surface area contributed by atoms with Crippen LogP contribution in [-0.2, 0) is 25.0 Å². The van der Waals surface area contributed by atoms with Gasteiger partial charge in [-0.2, -0.15) is 0 Å². The summed E-state index contributed by atoms with van der Waals surface area (Å²) in [5, 5.41) is 2.64. The highest BCUT2D eigenvalue weighted by Gasteiger charge is 2.38. The van der Waals surface area contributed by atoms with E-state index >= 15 is 0 Å². The average Bonchev–Trinajstić information content (AvgIpc) is 2.66. The number of alkyl carbamates (subject to hydrolysis) is 1. The van der Waals surface area contributed by atoms with E-state index in [4.69, 9.17) is 13.8 Å². The van der Waals surface area contributed by atoms with Gasteiger partial charge in [0, 0.05) is 0 Å². The minimum atomic E-state index is -3.61. The van der Waals surface area contributed by atoms with Crippen LogP contribution >= 0.6 is 7.60 Å². The molecule has 6 nitrogen and oxygen atoms in total. The molecule has 0 fully saturated rings. The zero-order chi connectivity index (χ0) is 18.8. The summed E-state index contributed by atoms with van der Waals surface area (Å²) < 4.78 is 29.3. The van der Waals surface area contributed by atoms with Gasteiger partial charge < -0.3 is 19.1 Å². The van der Waals surface area contributed by atoms with E-state index in [-0.39, 0.29) is 19.8 Å². The van der Waals surface area contributed by atoms with Crippen molar-refractivity contribution in [2.75, 3.05) is 13.2 Å². The van der Waals surface area contributed by atoms with E-state index in [0.717, 1.165) is 5.56 Å². The van der Waals surface area contributed by atoms with Crippen LogP contribution in [0.5, 0.6) is 0 Å². The Morgan fingerprint density at radius 1 is 0.962 bits per heavy atom. The normalized spacial score (nSPS) is 12.4. The van der Waals surface area contributed by atoms with Crippen LogP contribution in [0.4, 0.5) is 4.79 Å². The Labute approximate surface area is 154 Å². The molecule has 0 saturated carbocycles. The fourth-order valence-electron chi connectivity index (χ4n) is 2.40. The molecule has 0 heterocycles. The van der Waals surface area contributed by atoms with Crippen molar-refractivity contribution in [2.24, 2.45) is 0 Å². The number of benzene rings is 2. The van der Waals surface area contributed by atoms with Crippen molar-refractivity contribution in [3.05, 3.63) is 71.8 Å². The SMILES string of the molecule is CCOP(=O)(OCC)[C@@H](NC(=O)OCc1ccccc1)c1ccccc1. The summed E-state index contributed by atoms with van der Waals surface area (Å²) in [5.41, 5.74) is 1.48. The van der Waals surface area contributed by atoms with Crippen molar-refractivity contribution >= 4 is 13.7 Å². The zero-order valence-electron chi connectivity index (χ0n) is 15.0. The number of rotatable bonds is 9. The van der Waals surface area contributed by atoms with E-state index in [0.29, 0.717) is 5.56 Å². The first-order valence-corrected chi connectivity index (χ1v) is 10.1. The summed E-state index contributed by atoms with van der Waals surface area (Å²) in [6.07, 6.45) is -0.692. The predicted octanol–water partition coefficient (Wildman–Crippen LogP) is 4.88. The van der Waals surface area contributed by atoms with Crippen LogP contribution in [0.15, 0.2) is 60.7 Å². The minimum Gasteiger partial charge on any atom is -0.445 e. The number of ether oxygens (including phenoxy) is 1. The lowest BCUT2D eigenvalue weighted by molar-refractivity contribution is 0.134. The van der Waals surface area contributed by atoms with E-state index < -0.39 is 19.5 Å². The van der Waals surface area contributed by atoms with E-state index in [2.05, 4.69) is 5.32 Å². The highest BCUT2D eigenvalue weighted by Crippen LogP contribution is 2.59. The molecule has 0 aliphatic rings. The molecule has 1 amide bonds. The molecule has 0 saturated heterocycles. The smallest absolute Gasteiger partial charge is 0.408 e. The molecule has 0 spiro atoms. The Morgan fingerprint density at radius 2 is 1.50 bits per heavy atom. The van der Waals surface area contributed by atoms with Gasteiger partial charge in [-0.25, -0.2) is 4.79 Å². The summed E-state index contributed by atoms with van der Waals surface area (Å²) in [6.45, 7) is 3.95. The molecule has 0 aromatic heterocycles. The maximum absolute atomic E-state index is 13.2. The Bertz CT molecular complexity index is 713. The van der Waals surface area contributed by atoms with Crippen LogP contribution in [0.2, 0.25) is 0 Å². The second-order valence-corrected chi connectivity index (χ2v) is 7.51. The molecule has 1 atom stereocenters. The molecule has 7 heteroatoms. The van der Waals surface area contributed by atoms with Crippen molar-refractivity contribution in [3.8, 4) is 0 Å². The van der Waals surface area contributed by atoms with Crippen molar-refractivity contribution in [1.29, 1.82) is 0 Å². The summed E-state index contributed by atoms with van der Waals surface area (Å²) in [4.78, 5) is 12.3. The molecule has 2 aromatic carbocycles. The molecule has 0 unspecified atom stereocenters. The molecule has 2 rings (SSSR count). The third kappa shape index (κ3) is 5.70. The standard InChI is InChI=1S/C19H24NO5P/c1-3-24-26(22,25-4-2)18(17-13-9-6-10-14-17)20-19(21)23-15-16-11-7-5-8-12-16/h5-14,18H,3-4,15H2,1-2H3,(H,20,21)/t18-/m1/s1. The third-order valence-electron chi connectivity index (χ3n) is 3.52. The van der Waals surface area contributed by atoms with Crippen molar-refractivity contribution in [2.45, 2.75) is 26.2 Å². The van der Waals surface area contributed by atoms with Gasteiger partial charge >= 0.3 is 13.7 Å². The van der Waals surface area contributed by atoms with Gasteiger partial charge in [0.1, 0.15) is 6.61 Å². The Hall–Kier alpha value is -2.14. The quantitative estimate of drug-likeness (QED) is 0.631. The van der Waals surface area contributed by atoms with Gasteiger partial charge in [0.25, 0.3) is 0 Å². The fourth-order valence-corrected chi connectivity index (χ4v) is 4.30. The molecule has 26 heavy (non-hydrogen) atoms. The molecular formula is C19H24NO5P. The number of hydrogen-bond acceptors (Lipinski definition) is 5. The predicted molar refractivity (Wildman–Crippen MR) is 99.8 cm³/mol. The minimum absolute atomic E-state index is 0.113. The number of nitrogens with one attached hydrogen (secondary N) is 1. The van der Waals surface area contributed by atoms with E-state index in [1.54, 1.807) is 38.1 Å². The van der Waals surface area contributed by atoms with Gasteiger partial charge in [0.2, 0.25) is 0 Å². The fraction of sp³-hybridized carbons (Fsp3) is 0.316. The first-order chi connectivity index (χ1) is 12.6. The number of carbonyl (C=O) groups excluding carboxylic acids is 1. The van der Waals surface area contributed by atoms with Crippen molar-refractivity contribution < 1.29 is 23.1 Å². The van der Waals surface area contributed by atoms with Crippen molar-refractivity contribution in [1.82, 2.24) is 5.32 Å². The van der Waals surface area contributed by atoms with Gasteiger partial charge in [-0.15, -0.1) is 0 Å².